The van der Waals surface area contributed by atoms with Crippen LogP contribution >= 0.6 is 0 Å². The second kappa shape index (κ2) is 8.93. The Kier molecular flexibility index (Phi) is 6.52. The first-order valence-corrected chi connectivity index (χ1v) is 9.44. The number of nitrogens with zero attached hydrogens (tertiary/aromatic N) is 1. The number of aromatic nitrogens is 1. The van der Waals surface area contributed by atoms with Gasteiger partial charge in [0.15, 0.2) is 0 Å². The van der Waals surface area contributed by atoms with E-state index in [1.807, 2.05) is 0 Å². The van der Waals surface area contributed by atoms with E-state index in [2.05, 4.69) is 4.98 Å². The Morgan fingerprint density at radius 1 is 0.700 bits per heavy atom. The maximum absolute atomic E-state index is 14.0. The van der Waals surface area contributed by atoms with Gasteiger partial charge in [-0.15, -0.1) is 0 Å². The van der Waals surface area contributed by atoms with Crippen LogP contribution in [0, 0.1) is 0 Å². The summed E-state index contributed by atoms with van der Waals surface area (Å²) in [5, 5.41) is 0. The molecule has 0 aliphatic carbocycles. The van der Waals surface area contributed by atoms with Gasteiger partial charge in [0.25, 0.3) is 0 Å². The van der Waals surface area contributed by atoms with E-state index in [4.69, 9.17) is 22.9 Å². The van der Waals surface area contributed by atoms with Crippen LogP contribution in [0.4, 0.5) is 13.2 Å². The number of nitrogens with two attached hydrogens (primary N) is 4. The predicted octanol–water partition coefficient (Wildman–Crippen LogP) is 3.27. The lowest BCUT2D eigenvalue weighted by Crippen LogP contribution is -2.12. The fraction of sp³-hybridized carbons (Fsp3) is 0.227. The van der Waals surface area contributed by atoms with Crippen molar-refractivity contribution in [3.8, 4) is 22.4 Å². The van der Waals surface area contributed by atoms with Gasteiger partial charge >= 0.3 is 6.18 Å². The average molecular weight is 415 g/mol. The Bertz CT molecular complexity index is 1050. The normalized spacial score (nSPS) is 11.7. The lowest BCUT2D eigenvalue weighted by atomic mass is 9.88. The van der Waals surface area contributed by atoms with Gasteiger partial charge in [0.2, 0.25) is 0 Å². The van der Waals surface area contributed by atoms with E-state index in [-0.39, 0.29) is 30.9 Å². The molecule has 0 radical (unpaired) electrons. The monoisotopic (exact) mass is 415 g/mol. The molecule has 30 heavy (non-hydrogen) atoms. The summed E-state index contributed by atoms with van der Waals surface area (Å²) in [6, 6.07) is 11.3. The molecular weight excluding hydrogens is 391 g/mol. The zero-order valence-corrected chi connectivity index (χ0v) is 16.3. The summed E-state index contributed by atoms with van der Waals surface area (Å²) in [5.74, 6) is 0. The van der Waals surface area contributed by atoms with Crippen LogP contribution in [0.25, 0.3) is 22.4 Å². The van der Waals surface area contributed by atoms with Gasteiger partial charge in [-0.25, -0.2) is 0 Å². The molecule has 2 aromatic carbocycles. The van der Waals surface area contributed by atoms with Crippen LogP contribution in [-0.2, 0) is 32.4 Å². The highest BCUT2D eigenvalue weighted by Gasteiger charge is 2.36. The van der Waals surface area contributed by atoms with Gasteiger partial charge in [0.1, 0.15) is 0 Å². The molecule has 0 aliphatic rings. The smallest absolute Gasteiger partial charge is 0.326 e. The summed E-state index contributed by atoms with van der Waals surface area (Å²) in [6.45, 7) is 0.756. The first-order valence-electron chi connectivity index (χ1n) is 9.44. The number of alkyl halides is 3. The predicted molar refractivity (Wildman–Crippen MR) is 112 cm³/mol. The van der Waals surface area contributed by atoms with Crippen LogP contribution < -0.4 is 22.9 Å². The molecule has 3 rings (SSSR count). The molecule has 158 valence electrons. The minimum atomic E-state index is -4.58. The molecule has 8 heteroatoms. The van der Waals surface area contributed by atoms with Gasteiger partial charge in [-0.05, 0) is 33.9 Å². The third-order valence-corrected chi connectivity index (χ3v) is 5.03. The van der Waals surface area contributed by atoms with Crippen molar-refractivity contribution in [2.24, 2.45) is 22.9 Å². The van der Waals surface area contributed by atoms with Crippen LogP contribution in [0.5, 0.6) is 0 Å². The number of halogens is 3. The minimum absolute atomic E-state index is 0.0239. The molecule has 0 bridgehead atoms. The molecule has 0 aliphatic heterocycles. The number of hydrogen-bond donors (Lipinski definition) is 4. The van der Waals surface area contributed by atoms with E-state index in [9.17, 15) is 13.2 Å². The third-order valence-electron chi connectivity index (χ3n) is 5.03. The molecule has 3 aromatic rings. The second-order valence-corrected chi connectivity index (χ2v) is 6.88. The second-order valence-electron chi connectivity index (χ2n) is 6.88. The summed E-state index contributed by atoms with van der Waals surface area (Å²) >= 11 is 0. The molecular formula is C22H24F3N5. The molecule has 0 spiro atoms. The van der Waals surface area contributed by atoms with Crippen molar-refractivity contribution in [1.82, 2.24) is 4.98 Å². The van der Waals surface area contributed by atoms with E-state index in [1.165, 1.54) is 0 Å². The Hall–Kier alpha value is -2.78. The van der Waals surface area contributed by atoms with Crippen LogP contribution in [0.15, 0.2) is 48.7 Å². The molecule has 1 aromatic heterocycles. The fourth-order valence-electron chi connectivity index (χ4n) is 3.54. The lowest BCUT2D eigenvalue weighted by Gasteiger charge is -2.20. The van der Waals surface area contributed by atoms with Gasteiger partial charge in [0.05, 0.1) is 11.3 Å². The molecule has 0 unspecified atom stereocenters. The topological polar surface area (TPSA) is 117 Å². The Balaban J connectivity index is 2.38. The molecule has 0 saturated carbocycles. The summed E-state index contributed by atoms with van der Waals surface area (Å²) < 4.78 is 42.0. The van der Waals surface area contributed by atoms with Crippen molar-refractivity contribution in [1.29, 1.82) is 0 Å². The zero-order chi connectivity index (χ0) is 21.9. The first-order chi connectivity index (χ1) is 14.3. The third kappa shape index (κ3) is 4.22. The molecule has 0 saturated heterocycles. The van der Waals surface area contributed by atoms with Crippen molar-refractivity contribution in [3.05, 3.63) is 76.5 Å². The summed E-state index contributed by atoms with van der Waals surface area (Å²) in [7, 11) is 0. The van der Waals surface area contributed by atoms with Crippen molar-refractivity contribution in [3.63, 3.8) is 0 Å². The minimum Gasteiger partial charge on any atom is -0.326 e. The van der Waals surface area contributed by atoms with Crippen LogP contribution in [-0.4, -0.2) is 4.98 Å². The first kappa shape index (κ1) is 21.9. The van der Waals surface area contributed by atoms with Crippen molar-refractivity contribution in [2.75, 3.05) is 0 Å². The average Bonchev–Trinajstić information content (AvgIpc) is 2.77. The lowest BCUT2D eigenvalue weighted by molar-refractivity contribution is -0.137. The van der Waals surface area contributed by atoms with Gasteiger partial charge in [-0.2, -0.15) is 13.2 Å². The highest BCUT2D eigenvalue weighted by atomic mass is 19.4. The summed E-state index contributed by atoms with van der Waals surface area (Å²) in [4.78, 5) is 4.33. The van der Waals surface area contributed by atoms with E-state index in [1.54, 1.807) is 36.4 Å². The molecule has 0 amide bonds. The standard InChI is InChI=1S/C22H24F3N5/c23-22(24,25)19-5-6-30-21(18-4-2-14(10-27)8-16(18)12-29)20(19)17-3-1-13(9-26)7-15(17)11-28/h1-8H,9-12,26-29H2. The van der Waals surface area contributed by atoms with E-state index in [0.29, 0.717) is 28.8 Å². The summed E-state index contributed by atoms with van der Waals surface area (Å²) in [6.07, 6.45) is -3.42. The van der Waals surface area contributed by atoms with Crippen LogP contribution in [0.3, 0.4) is 0 Å². The van der Waals surface area contributed by atoms with Crippen LogP contribution in [0.1, 0.15) is 27.8 Å². The number of hydrogen-bond acceptors (Lipinski definition) is 5. The highest BCUT2D eigenvalue weighted by Crippen LogP contribution is 2.43. The molecule has 0 atom stereocenters. The maximum atomic E-state index is 14.0. The van der Waals surface area contributed by atoms with Gasteiger partial charge in [-0.1, -0.05) is 36.4 Å². The molecule has 5 nitrogen and oxygen atoms in total. The van der Waals surface area contributed by atoms with Gasteiger partial charge in [0, 0.05) is 43.5 Å². The number of benzene rings is 2. The largest absolute Gasteiger partial charge is 0.417 e. The van der Waals surface area contributed by atoms with Crippen molar-refractivity contribution >= 4 is 0 Å². The maximum Gasteiger partial charge on any atom is 0.417 e. The summed E-state index contributed by atoms with van der Waals surface area (Å²) in [5.41, 5.74) is 26.3. The van der Waals surface area contributed by atoms with E-state index in [0.717, 1.165) is 23.4 Å². The highest BCUT2D eigenvalue weighted by molar-refractivity contribution is 5.86. The Morgan fingerprint density at radius 2 is 1.23 bits per heavy atom. The van der Waals surface area contributed by atoms with Gasteiger partial charge < -0.3 is 22.9 Å². The quantitative estimate of drug-likeness (QED) is 0.493. The zero-order valence-electron chi connectivity index (χ0n) is 16.3. The van der Waals surface area contributed by atoms with E-state index < -0.39 is 11.7 Å². The molecule has 0 fully saturated rings. The number of pyridine rings is 1. The number of rotatable bonds is 6. The van der Waals surface area contributed by atoms with Crippen LogP contribution in [0.2, 0.25) is 0 Å². The van der Waals surface area contributed by atoms with Gasteiger partial charge in [-0.3, -0.25) is 4.98 Å². The fourth-order valence-corrected chi connectivity index (χ4v) is 3.54. The van der Waals surface area contributed by atoms with Crippen molar-refractivity contribution in [2.45, 2.75) is 32.4 Å². The Labute approximate surface area is 172 Å². The molecule has 1 heterocycles. The molecule has 8 N–H and O–H groups in total. The van der Waals surface area contributed by atoms with E-state index >= 15 is 0 Å². The Morgan fingerprint density at radius 3 is 1.73 bits per heavy atom. The SMILES string of the molecule is NCc1ccc(-c2nccc(C(F)(F)F)c2-c2ccc(CN)cc2CN)c(CN)c1. The van der Waals surface area contributed by atoms with Crippen molar-refractivity contribution < 1.29 is 13.2 Å².